The minimum Gasteiger partial charge on any atom is -0.335 e. The molecule has 1 atom stereocenters. The highest BCUT2D eigenvalue weighted by molar-refractivity contribution is 7.87. The van der Waals surface area contributed by atoms with E-state index in [0.717, 1.165) is 22.9 Å². The predicted octanol–water partition coefficient (Wildman–Crippen LogP) is 2.10. The summed E-state index contributed by atoms with van der Waals surface area (Å²) in [7, 11) is -4.13. The molecule has 2 aromatic rings. The van der Waals surface area contributed by atoms with E-state index in [0.29, 0.717) is 12.8 Å². The van der Waals surface area contributed by atoms with Crippen molar-refractivity contribution in [3.8, 4) is 0 Å². The van der Waals surface area contributed by atoms with Gasteiger partial charge in [0.05, 0.1) is 11.7 Å². The molecule has 27 heavy (non-hydrogen) atoms. The molecular formula is C17H18FN3O4S2. The molecule has 3 rings (SSSR count). The van der Waals surface area contributed by atoms with Gasteiger partial charge in [0.1, 0.15) is 5.82 Å². The molecule has 1 unspecified atom stereocenters. The molecule has 7 nitrogen and oxygen atoms in total. The van der Waals surface area contributed by atoms with E-state index in [9.17, 15) is 22.4 Å². The Hall–Kier alpha value is -2.30. The van der Waals surface area contributed by atoms with E-state index in [1.54, 1.807) is 10.8 Å². The summed E-state index contributed by atoms with van der Waals surface area (Å²) in [6, 6.07) is 6.49. The molecule has 144 valence electrons. The molecule has 2 amide bonds. The number of carbonyl (C=O) groups is 2. The van der Waals surface area contributed by atoms with Gasteiger partial charge in [-0.1, -0.05) is 0 Å². The van der Waals surface area contributed by atoms with Crippen LogP contribution in [0, 0.1) is 5.82 Å². The summed E-state index contributed by atoms with van der Waals surface area (Å²) < 4.78 is 41.5. The molecule has 1 saturated heterocycles. The average Bonchev–Trinajstić information content (AvgIpc) is 3.17. The number of hydrogen-bond donors (Lipinski definition) is 2. The van der Waals surface area contributed by atoms with Crippen LogP contribution in [0.2, 0.25) is 0 Å². The van der Waals surface area contributed by atoms with Gasteiger partial charge in [-0.2, -0.15) is 24.1 Å². The van der Waals surface area contributed by atoms with Crippen molar-refractivity contribution in [1.29, 1.82) is 0 Å². The third kappa shape index (κ3) is 4.71. The maximum atomic E-state index is 13.0. The van der Waals surface area contributed by atoms with Gasteiger partial charge in [0, 0.05) is 17.5 Å². The molecule has 2 heterocycles. The van der Waals surface area contributed by atoms with Crippen molar-refractivity contribution in [3.63, 3.8) is 0 Å². The first-order chi connectivity index (χ1) is 12.9. The Bertz CT molecular complexity index is 914. The Kier molecular flexibility index (Phi) is 5.88. The van der Waals surface area contributed by atoms with Crippen LogP contribution in [-0.2, 0) is 10.2 Å². The minimum atomic E-state index is -4.13. The lowest BCUT2D eigenvalue weighted by molar-refractivity contribution is 0.0882. The zero-order chi connectivity index (χ0) is 19.4. The molecule has 2 N–H and O–H groups in total. The van der Waals surface area contributed by atoms with Gasteiger partial charge in [-0.15, -0.1) is 0 Å². The molecule has 0 bridgehead atoms. The van der Waals surface area contributed by atoms with Crippen LogP contribution < -0.4 is 10.0 Å². The number of thiophene rings is 1. The van der Waals surface area contributed by atoms with Crippen molar-refractivity contribution in [2.45, 2.75) is 25.4 Å². The molecule has 0 aliphatic carbocycles. The standard InChI is InChI=1S/C17H18FN3O4S2/c18-14-6-4-12(5-7-14)16(22)19-15-3-1-2-9-21(15)27(24,25)20-17(23)13-8-10-26-11-13/h4-8,10-11,15H,1-3,9H2,(H,19,22)(H,20,23). The summed E-state index contributed by atoms with van der Waals surface area (Å²) in [6.45, 7) is 0.181. The molecule has 1 aromatic heterocycles. The van der Waals surface area contributed by atoms with E-state index in [1.165, 1.54) is 29.5 Å². The molecule has 0 radical (unpaired) electrons. The van der Waals surface area contributed by atoms with Crippen molar-refractivity contribution >= 4 is 33.4 Å². The third-order valence-electron chi connectivity index (χ3n) is 4.17. The minimum absolute atomic E-state index is 0.181. The Morgan fingerprint density at radius 3 is 2.48 bits per heavy atom. The molecule has 10 heteroatoms. The number of halogens is 1. The van der Waals surface area contributed by atoms with E-state index in [4.69, 9.17) is 0 Å². The molecule has 1 aromatic carbocycles. The van der Waals surface area contributed by atoms with Crippen LogP contribution in [-0.4, -0.2) is 37.2 Å². The van der Waals surface area contributed by atoms with Gasteiger partial charge in [0.15, 0.2) is 0 Å². The quantitative estimate of drug-likeness (QED) is 0.788. The van der Waals surface area contributed by atoms with Crippen LogP contribution in [0.4, 0.5) is 4.39 Å². The first-order valence-corrected chi connectivity index (χ1v) is 10.7. The van der Waals surface area contributed by atoms with E-state index in [-0.39, 0.29) is 17.7 Å². The molecular weight excluding hydrogens is 393 g/mol. The van der Waals surface area contributed by atoms with Gasteiger partial charge in [0.2, 0.25) is 0 Å². The molecule has 1 aliphatic heterocycles. The summed E-state index contributed by atoms with van der Waals surface area (Å²) >= 11 is 1.28. The number of piperidine rings is 1. The number of benzene rings is 1. The molecule has 1 fully saturated rings. The van der Waals surface area contributed by atoms with Gasteiger partial charge >= 0.3 is 10.2 Å². The zero-order valence-corrected chi connectivity index (χ0v) is 15.9. The molecule has 0 spiro atoms. The van der Waals surface area contributed by atoms with Crippen LogP contribution in [0.15, 0.2) is 41.1 Å². The van der Waals surface area contributed by atoms with E-state index in [1.807, 2.05) is 4.72 Å². The van der Waals surface area contributed by atoms with Crippen LogP contribution in [0.1, 0.15) is 40.0 Å². The van der Waals surface area contributed by atoms with Crippen LogP contribution in [0.5, 0.6) is 0 Å². The van der Waals surface area contributed by atoms with Gasteiger partial charge < -0.3 is 5.32 Å². The summed E-state index contributed by atoms with van der Waals surface area (Å²) in [5.41, 5.74) is 0.481. The van der Waals surface area contributed by atoms with E-state index >= 15 is 0 Å². The first kappa shape index (κ1) is 19.5. The number of hydrogen-bond acceptors (Lipinski definition) is 5. The summed E-state index contributed by atoms with van der Waals surface area (Å²) in [4.78, 5) is 24.5. The average molecular weight is 411 g/mol. The lowest BCUT2D eigenvalue weighted by atomic mass is 10.1. The van der Waals surface area contributed by atoms with E-state index in [2.05, 4.69) is 5.32 Å². The summed E-state index contributed by atoms with van der Waals surface area (Å²) in [5, 5.41) is 5.88. The van der Waals surface area contributed by atoms with Crippen molar-refractivity contribution in [1.82, 2.24) is 14.3 Å². The normalized spacial score (nSPS) is 18.0. The Balaban J connectivity index is 1.73. The summed E-state index contributed by atoms with van der Waals surface area (Å²) in [5.74, 6) is -1.69. The van der Waals surface area contributed by atoms with Gasteiger partial charge in [-0.3, -0.25) is 9.59 Å². The fraction of sp³-hybridized carbons (Fsp3) is 0.294. The molecule has 0 saturated carbocycles. The van der Waals surface area contributed by atoms with Crippen molar-refractivity contribution in [2.24, 2.45) is 0 Å². The van der Waals surface area contributed by atoms with Gasteiger partial charge in [0.25, 0.3) is 11.8 Å². The predicted molar refractivity (Wildman–Crippen MR) is 98.9 cm³/mol. The maximum Gasteiger partial charge on any atom is 0.305 e. The lowest BCUT2D eigenvalue weighted by Gasteiger charge is -2.34. The van der Waals surface area contributed by atoms with E-state index < -0.39 is 34.0 Å². The van der Waals surface area contributed by atoms with Gasteiger partial charge in [-0.25, -0.2) is 9.11 Å². The smallest absolute Gasteiger partial charge is 0.305 e. The number of nitrogens with zero attached hydrogens (tertiary/aromatic N) is 1. The Labute approximate surface area is 160 Å². The fourth-order valence-corrected chi connectivity index (χ4v) is 4.77. The topological polar surface area (TPSA) is 95.6 Å². The first-order valence-electron chi connectivity index (χ1n) is 8.29. The van der Waals surface area contributed by atoms with Crippen molar-refractivity contribution in [2.75, 3.05) is 6.54 Å². The second-order valence-corrected chi connectivity index (χ2v) is 8.45. The fourth-order valence-electron chi connectivity index (χ4n) is 2.80. The van der Waals surface area contributed by atoms with Gasteiger partial charge in [-0.05, 0) is 55.0 Å². The summed E-state index contributed by atoms with van der Waals surface area (Å²) in [6.07, 6.45) is 0.986. The largest absolute Gasteiger partial charge is 0.335 e. The lowest BCUT2D eigenvalue weighted by Crippen LogP contribution is -2.56. The number of carbonyl (C=O) groups excluding carboxylic acids is 2. The Morgan fingerprint density at radius 1 is 1.07 bits per heavy atom. The van der Waals surface area contributed by atoms with Crippen LogP contribution in [0.3, 0.4) is 0 Å². The second kappa shape index (κ2) is 8.15. The number of nitrogens with one attached hydrogen (secondary N) is 2. The second-order valence-electron chi connectivity index (χ2n) is 6.05. The highest BCUT2D eigenvalue weighted by atomic mass is 32.2. The highest BCUT2D eigenvalue weighted by Crippen LogP contribution is 2.19. The SMILES string of the molecule is O=C(NC1CCCCN1S(=O)(=O)NC(=O)c1ccsc1)c1ccc(F)cc1. The highest BCUT2D eigenvalue weighted by Gasteiger charge is 2.34. The Morgan fingerprint density at radius 2 is 1.81 bits per heavy atom. The van der Waals surface area contributed by atoms with Crippen molar-refractivity contribution in [3.05, 3.63) is 58.0 Å². The maximum absolute atomic E-state index is 13.0. The van der Waals surface area contributed by atoms with Crippen LogP contribution >= 0.6 is 11.3 Å². The van der Waals surface area contributed by atoms with Crippen molar-refractivity contribution < 1.29 is 22.4 Å². The molecule has 1 aliphatic rings. The number of amides is 2. The third-order valence-corrected chi connectivity index (χ3v) is 6.35. The van der Waals surface area contributed by atoms with Crippen LogP contribution in [0.25, 0.3) is 0 Å². The zero-order valence-electron chi connectivity index (χ0n) is 14.2. The number of rotatable bonds is 5. The monoisotopic (exact) mass is 411 g/mol.